The van der Waals surface area contributed by atoms with E-state index in [-0.39, 0.29) is 18.8 Å². The molecule has 0 unspecified atom stereocenters. The number of benzene rings is 2. The summed E-state index contributed by atoms with van der Waals surface area (Å²) in [6.07, 6.45) is 0. The van der Waals surface area contributed by atoms with Crippen molar-refractivity contribution >= 4 is 13.8 Å². The minimum atomic E-state index is -4.46. The number of phosphoric acid groups is 1. The molecule has 0 aliphatic carbocycles. The monoisotopic (exact) mass is 364 g/mol. The van der Waals surface area contributed by atoms with Gasteiger partial charge in [-0.1, -0.05) is 67.2 Å². The zero-order valence-corrected chi connectivity index (χ0v) is 14.8. The SMILES string of the molecule is C=C(C)C(=O)OCCOP(=O)(O)O.c1ccc(-c2ccccc2)cc1. The van der Waals surface area contributed by atoms with Crippen molar-refractivity contribution in [1.82, 2.24) is 0 Å². The van der Waals surface area contributed by atoms with Crippen molar-refractivity contribution in [2.45, 2.75) is 6.92 Å². The Morgan fingerprint density at radius 3 is 1.76 bits per heavy atom. The van der Waals surface area contributed by atoms with Crippen molar-refractivity contribution in [1.29, 1.82) is 0 Å². The Bertz CT molecular complexity index is 671. The molecule has 0 aromatic heterocycles. The van der Waals surface area contributed by atoms with Crippen LogP contribution in [-0.2, 0) is 18.6 Å². The molecular formula is C18H21O6P. The number of esters is 1. The summed E-state index contributed by atoms with van der Waals surface area (Å²) in [6, 6.07) is 20.8. The Labute approximate surface area is 147 Å². The summed E-state index contributed by atoms with van der Waals surface area (Å²) >= 11 is 0. The van der Waals surface area contributed by atoms with Crippen LogP contribution in [0, 0.1) is 0 Å². The summed E-state index contributed by atoms with van der Waals surface area (Å²) in [7, 11) is -4.46. The lowest BCUT2D eigenvalue weighted by Gasteiger charge is -2.05. The van der Waals surface area contributed by atoms with E-state index in [1.165, 1.54) is 18.1 Å². The first-order valence-electron chi connectivity index (χ1n) is 7.43. The molecule has 2 aromatic carbocycles. The lowest BCUT2D eigenvalue weighted by Crippen LogP contribution is -2.10. The van der Waals surface area contributed by atoms with Gasteiger partial charge in [0.05, 0.1) is 6.61 Å². The highest BCUT2D eigenvalue weighted by Crippen LogP contribution is 2.35. The van der Waals surface area contributed by atoms with Gasteiger partial charge in [-0.15, -0.1) is 0 Å². The quantitative estimate of drug-likeness (QED) is 0.352. The van der Waals surface area contributed by atoms with Crippen LogP contribution in [0.25, 0.3) is 11.1 Å². The highest BCUT2D eigenvalue weighted by Gasteiger charge is 2.13. The second-order valence-corrected chi connectivity index (χ2v) is 6.21. The molecule has 0 bridgehead atoms. The fraction of sp³-hybridized carbons (Fsp3) is 0.167. The van der Waals surface area contributed by atoms with Gasteiger partial charge >= 0.3 is 13.8 Å². The lowest BCUT2D eigenvalue weighted by atomic mass is 10.1. The van der Waals surface area contributed by atoms with E-state index in [2.05, 4.69) is 64.4 Å². The summed E-state index contributed by atoms with van der Waals surface area (Å²) in [5, 5.41) is 0. The zero-order chi connectivity index (χ0) is 18.7. The lowest BCUT2D eigenvalue weighted by molar-refractivity contribution is -0.139. The van der Waals surface area contributed by atoms with Crippen LogP contribution in [0.15, 0.2) is 72.8 Å². The molecule has 2 aromatic rings. The number of hydrogen-bond acceptors (Lipinski definition) is 4. The standard InChI is InChI=1S/C12H10.C6H11O6P/c1-3-7-11(8-4-1)12-9-5-2-6-10-12;1-5(2)6(7)11-3-4-12-13(8,9)10/h1-10H;1,3-4H2,2H3,(H2,8,9,10). The summed E-state index contributed by atoms with van der Waals surface area (Å²) in [5.41, 5.74) is 2.77. The topological polar surface area (TPSA) is 93.1 Å². The second-order valence-electron chi connectivity index (χ2n) is 4.97. The fourth-order valence-electron chi connectivity index (χ4n) is 1.67. The molecule has 2 N–H and O–H groups in total. The Balaban J connectivity index is 0.000000250. The molecule has 0 spiro atoms. The summed E-state index contributed by atoms with van der Waals surface area (Å²) in [6.45, 7) is 4.22. The predicted molar refractivity (Wildman–Crippen MR) is 95.6 cm³/mol. The third-order valence-electron chi connectivity index (χ3n) is 2.81. The van der Waals surface area contributed by atoms with E-state index < -0.39 is 13.8 Å². The molecule has 0 fully saturated rings. The Kier molecular flexibility index (Phi) is 8.81. The van der Waals surface area contributed by atoms with Crippen LogP contribution < -0.4 is 0 Å². The minimum Gasteiger partial charge on any atom is -0.460 e. The largest absolute Gasteiger partial charge is 0.469 e. The molecule has 0 amide bonds. The molecule has 25 heavy (non-hydrogen) atoms. The van der Waals surface area contributed by atoms with Crippen molar-refractivity contribution in [3.05, 3.63) is 72.8 Å². The van der Waals surface area contributed by atoms with Gasteiger partial charge in [-0.3, -0.25) is 4.52 Å². The predicted octanol–water partition coefficient (Wildman–Crippen LogP) is 3.57. The average Bonchev–Trinajstić information content (AvgIpc) is 2.60. The Hall–Kier alpha value is -2.24. The van der Waals surface area contributed by atoms with Crippen LogP contribution in [0.1, 0.15) is 6.92 Å². The molecule has 0 heterocycles. The number of carbonyl (C=O) groups is 1. The molecule has 0 atom stereocenters. The van der Waals surface area contributed by atoms with Gasteiger partial charge in [0.2, 0.25) is 0 Å². The van der Waals surface area contributed by atoms with E-state index in [0.717, 1.165) is 0 Å². The number of hydrogen-bond donors (Lipinski definition) is 2. The molecular weight excluding hydrogens is 343 g/mol. The maximum absolute atomic E-state index is 10.7. The van der Waals surface area contributed by atoms with Crippen LogP contribution in [0.5, 0.6) is 0 Å². The Morgan fingerprint density at radius 1 is 0.960 bits per heavy atom. The maximum Gasteiger partial charge on any atom is 0.469 e. The van der Waals surface area contributed by atoms with Crippen molar-refractivity contribution < 1.29 is 28.4 Å². The molecule has 134 valence electrons. The first-order valence-corrected chi connectivity index (χ1v) is 8.96. The second kappa shape index (κ2) is 10.6. The highest BCUT2D eigenvalue weighted by atomic mass is 31.2. The molecule has 7 heteroatoms. The van der Waals surface area contributed by atoms with Crippen molar-refractivity contribution in [2.24, 2.45) is 0 Å². The van der Waals surface area contributed by atoms with Crippen molar-refractivity contribution in [2.75, 3.05) is 13.2 Å². The normalized spacial score (nSPS) is 10.4. The third-order valence-corrected chi connectivity index (χ3v) is 3.32. The van der Waals surface area contributed by atoms with E-state index in [4.69, 9.17) is 9.79 Å². The summed E-state index contributed by atoms with van der Waals surface area (Å²) in [4.78, 5) is 27.1. The van der Waals surface area contributed by atoms with Gasteiger partial charge in [-0.2, -0.15) is 0 Å². The molecule has 2 rings (SSSR count). The van der Waals surface area contributed by atoms with Gasteiger partial charge in [-0.25, -0.2) is 9.36 Å². The van der Waals surface area contributed by atoms with Gasteiger partial charge < -0.3 is 14.5 Å². The zero-order valence-electron chi connectivity index (χ0n) is 13.9. The van der Waals surface area contributed by atoms with Gasteiger partial charge in [0, 0.05) is 5.57 Å². The molecule has 6 nitrogen and oxygen atoms in total. The minimum absolute atomic E-state index is 0.212. The summed E-state index contributed by atoms with van der Waals surface area (Å²) in [5.74, 6) is -0.616. The third kappa shape index (κ3) is 9.59. The molecule has 0 saturated carbocycles. The maximum atomic E-state index is 10.7. The Morgan fingerprint density at radius 2 is 1.40 bits per heavy atom. The number of rotatable bonds is 6. The van der Waals surface area contributed by atoms with E-state index in [9.17, 15) is 9.36 Å². The smallest absolute Gasteiger partial charge is 0.460 e. The van der Waals surface area contributed by atoms with Gasteiger partial charge in [0.15, 0.2) is 0 Å². The average molecular weight is 364 g/mol. The van der Waals surface area contributed by atoms with E-state index in [1.807, 2.05) is 12.1 Å². The fourth-order valence-corrected chi connectivity index (χ4v) is 1.99. The van der Waals surface area contributed by atoms with Crippen LogP contribution >= 0.6 is 7.82 Å². The molecule has 0 aliphatic rings. The first kappa shape index (κ1) is 20.8. The first-order chi connectivity index (χ1) is 11.8. The van der Waals surface area contributed by atoms with Crippen LogP contribution in [-0.4, -0.2) is 29.0 Å². The molecule has 0 aliphatic heterocycles. The van der Waals surface area contributed by atoms with Crippen LogP contribution in [0.4, 0.5) is 0 Å². The highest BCUT2D eigenvalue weighted by molar-refractivity contribution is 7.46. The number of carbonyl (C=O) groups excluding carboxylic acids is 1. The molecule has 0 radical (unpaired) electrons. The summed E-state index contributed by atoms with van der Waals surface area (Å²) < 4.78 is 18.6. The van der Waals surface area contributed by atoms with Crippen molar-refractivity contribution in [3.63, 3.8) is 0 Å². The van der Waals surface area contributed by atoms with E-state index >= 15 is 0 Å². The van der Waals surface area contributed by atoms with Crippen molar-refractivity contribution in [3.8, 4) is 11.1 Å². The van der Waals surface area contributed by atoms with E-state index in [0.29, 0.717) is 0 Å². The number of ether oxygens (including phenoxy) is 1. The van der Waals surface area contributed by atoms with E-state index in [1.54, 1.807) is 0 Å². The van der Waals surface area contributed by atoms with Gasteiger partial charge in [0.25, 0.3) is 0 Å². The van der Waals surface area contributed by atoms with Crippen LogP contribution in [0.2, 0.25) is 0 Å². The van der Waals surface area contributed by atoms with Gasteiger partial charge in [0.1, 0.15) is 6.61 Å². The van der Waals surface area contributed by atoms with Gasteiger partial charge in [-0.05, 0) is 18.1 Å². The van der Waals surface area contributed by atoms with Crippen LogP contribution in [0.3, 0.4) is 0 Å². The molecule has 0 saturated heterocycles. The number of phosphoric ester groups is 1.